The Hall–Kier alpha value is -0.770. The highest BCUT2D eigenvalue weighted by molar-refractivity contribution is 5.73. The number of carbonyl (C=O) groups is 1. The lowest BCUT2D eigenvalue weighted by Gasteiger charge is -2.34. The van der Waals surface area contributed by atoms with Crippen LogP contribution in [0.5, 0.6) is 0 Å². The summed E-state index contributed by atoms with van der Waals surface area (Å²) in [5.41, 5.74) is 0. The summed E-state index contributed by atoms with van der Waals surface area (Å²) in [4.78, 5) is 15.6. The van der Waals surface area contributed by atoms with Crippen molar-refractivity contribution in [3.05, 3.63) is 0 Å². The van der Waals surface area contributed by atoms with Crippen molar-refractivity contribution in [2.45, 2.75) is 19.8 Å². The Kier molecular flexibility index (Phi) is 4.73. The lowest BCUT2D eigenvalue weighted by molar-refractivity contribution is 0.139. The monoisotopic (exact) mass is 199 g/mol. The molecule has 0 saturated carbocycles. The first-order chi connectivity index (χ1) is 6.77. The Morgan fingerprint density at radius 2 is 1.93 bits per heavy atom. The van der Waals surface area contributed by atoms with Gasteiger partial charge in [0.2, 0.25) is 0 Å². The molecule has 1 rings (SSSR count). The second-order valence-electron chi connectivity index (χ2n) is 3.74. The van der Waals surface area contributed by atoms with E-state index in [1.54, 1.807) is 7.05 Å². The van der Waals surface area contributed by atoms with E-state index in [0.717, 1.165) is 26.2 Å². The molecule has 4 heteroatoms. The molecule has 0 aliphatic carbocycles. The van der Waals surface area contributed by atoms with Gasteiger partial charge in [-0.3, -0.25) is 4.90 Å². The van der Waals surface area contributed by atoms with Crippen LogP contribution in [0.1, 0.15) is 19.8 Å². The number of carbonyl (C=O) groups excluding carboxylic acids is 1. The molecule has 0 aromatic rings. The van der Waals surface area contributed by atoms with Gasteiger partial charge in [0, 0.05) is 33.2 Å². The van der Waals surface area contributed by atoms with Gasteiger partial charge in [-0.05, 0) is 13.0 Å². The molecule has 0 radical (unpaired) electrons. The lowest BCUT2D eigenvalue weighted by atomic mass is 10.2. The molecule has 1 fully saturated rings. The zero-order chi connectivity index (χ0) is 10.4. The molecule has 0 unspecified atom stereocenters. The van der Waals surface area contributed by atoms with Crippen molar-refractivity contribution in [2.24, 2.45) is 0 Å². The molecule has 1 aliphatic rings. The normalized spacial score (nSPS) is 18.3. The van der Waals surface area contributed by atoms with E-state index in [2.05, 4.69) is 17.1 Å². The third-order valence-electron chi connectivity index (χ3n) is 2.70. The number of unbranched alkanes of at least 4 members (excludes halogenated alkanes) is 1. The van der Waals surface area contributed by atoms with E-state index < -0.39 is 0 Å². The number of piperazine rings is 1. The average Bonchev–Trinajstić information content (AvgIpc) is 2.26. The molecule has 1 aliphatic heterocycles. The van der Waals surface area contributed by atoms with E-state index in [9.17, 15) is 4.79 Å². The number of nitrogens with zero attached hydrogens (tertiary/aromatic N) is 2. The van der Waals surface area contributed by atoms with Crippen LogP contribution in [0.25, 0.3) is 0 Å². The number of urea groups is 1. The number of hydrogen-bond acceptors (Lipinski definition) is 2. The maximum absolute atomic E-state index is 11.3. The van der Waals surface area contributed by atoms with Gasteiger partial charge < -0.3 is 10.2 Å². The van der Waals surface area contributed by atoms with Crippen LogP contribution in [0, 0.1) is 0 Å². The van der Waals surface area contributed by atoms with Gasteiger partial charge in [0.05, 0.1) is 0 Å². The minimum absolute atomic E-state index is 0.0557. The molecular weight excluding hydrogens is 178 g/mol. The summed E-state index contributed by atoms with van der Waals surface area (Å²) in [5.74, 6) is 0. The molecule has 0 atom stereocenters. The van der Waals surface area contributed by atoms with E-state index in [4.69, 9.17) is 0 Å². The minimum atomic E-state index is 0.0557. The van der Waals surface area contributed by atoms with E-state index >= 15 is 0 Å². The summed E-state index contributed by atoms with van der Waals surface area (Å²) in [6, 6.07) is 0.0557. The van der Waals surface area contributed by atoms with Crippen molar-refractivity contribution in [3.63, 3.8) is 0 Å². The van der Waals surface area contributed by atoms with Crippen molar-refractivity contribution >= 4 is 6.03 Å². The van der Waals surface area contributed by atoms with Gasteiger partial charge in [-0.1, -0.05) is 13.3 Å². The molecular formula is C10H21N3O. The topological polar surface area (TPSA) is 35.6 Å². The SMILES string of the molecule is CCCCN1CCN(C(=O)NC)CC1. The van der Waals surface area contributed by atoms with Crippen LogP contribution < -0.4 is 5.32 Å². The number of nitrogens with one attached hydrogen (secondary N) is 1. The van der Waals surface area contributed by atoms with Gasteiger partial charge in [0.1, 0.15) is 0 Å². The Balaban J connectivity index is 2.20. The quantitative estimate of drug-likeness (QED) is 0.728. The zero-order valence-electron chi connectivity index (χ0n) is 9.25. The molecule has 0 aromatic carbocycles. The van der Waals surface area contributed by atoms with Gasteiger partial charge in [-0.25, -0.2) is 4.79 Å². The number of hydrogen-bond donors (Lipinski definition) is 1. The Morgan fingerprint density at radius 1 is 1.29 bits per heavy atom. The van der Waals surface area contributed by atoms with Crippen molar-refractivity contribution in [3.8, 4) is 0 Å². The fourth-order valence-corrected chi connectivity index (χ4v) is 1.71. The van der Waals surface area contributed by atoms with Crippen LogP contribution in [-0.4, -0.2) is 55.6 Å². The first kappa shape index (κ1) is 11.3. The predicted molar refractivity (Wildman–Crippen MR) is 57.4 cm³/mol. The largest absolute Gasteiger partial charge is 0.341 e. The summed E-state index contributed by atoms with van der Waals surface area (Å²) < 4.78 is 0. The van der Waals surface area contributed by atoms with Crippen molar-refractivity contribution in [2.75, 3.05) is 39.8 Å². The Morgan fingerprint density at radius 3 is 2.43 bits per heavy atom. The third-order valence-corrected chi connectivity index (χ3v) is 2.70. The predicted octanol–water partition coefficient (Wildman–Crippen LogP) is 0.744. The van der Waals surface area contributed by atoms with E-state index in [1.165, 1.54) is 19.4 Å². The highest BCUT2D eigenvalue weighted by Crippen LogP contribution is 2.03. The van der Waals surface area contributed by atoms with E-state index in [0.29, 0.717) is 0 Å². The molecule has 1 heterocycles. The average molecular weight is 199 g/mol. The summed E-state index contributed by atoms with van der Waals surface area (Å²) in [6.07, 6.45) is 2.51. The maximum Gasteiger partial charge on any atom is 0.317 e. The van der Waals surface area contributed by atoms with E-state index in [-0.39, 0.29) is 6.03 Å². The highest BCUT2D eigenvalue weighted by atomic mass is 16.2. The molecule has 82 valence electrons. The van der Waals surface area contributed by atoms with Gasteiger partial charge in [0.15, 0.2) is 0 Å². The Labute approximate surface area is 86.2 Å². The van der Waals surface area contributed by atoms with Crippen LogP contribution in [-0.2, 0) is 0 Å². The fourth-order valence-electron chi connectivity index (χ4n) is 1.71. The molecule has 2 amide bonds. The zero-order valence-corrected chi connectivity index (χ0v) is 9.25. The van der Waals surface area contributed by atoms with Gasteiger partial charge in [0.25, 0.3) is 0 Å². The Bertz CT molecular complexity index is 176. The van der Waals surface area contributed by atoms with Crippen molar-refractivity contribution in [1.29, 1.82) is 0 Å². The van der Waals surface area contributed by atoms with Crippen LogP contribution in [0.4, 0.5) is 4.79 Å². The molecule has 4 nitrogen and oxygen atoms in total. The molecule has 0 bridgehead atoms. The smallest absolute Gasteiger partial charge is 0.317 e. The van der Waals surface area contributed by atoms with Crippen LogP contribution in [0.15, 0.2) is 0 Å². The minimum Gasteiger partial charge on any atom is -0.341 e. The molecule has 1 saturated heterocycles. The van der Waals surface area contributed by atoms with Crippen LogP contribution in [0.3, 0.4) is 0 Å². The van der Waals surface area contributed by atoms with Crippen LogP contribution in [0.2, 0.25) is 0 Å². The second-order valence-corrected chi connectivity index (χ2v) is 3.74. The molecule has 0 aromatic heterocycles. The highest BCUT2D eigenvalue weighted by Gasteiger charge is 2.19. The summed E-state index contributed by atoms with van der Waals surface area (Å²) in [6.45, 7) is 7.16. The summed E-state index contributed by atoms with van der Waals surface area (Å²) in [7, 11) is 1.69. The second kappa shape index (κ2) is 5.86. The summed E-state index contributed by atoms with van der Waals surface area (Å²) in [5, 5.41) is 2.66. The fraction of sp³-hybridized carbons (Fsp3) is 0.900. The molecule has 0 spiro atoms. The third kappa shape index (κ3) is 3.18. The van der Waals surface area contributed by atoms with Gasteiger partial charge in [-0.15, -0.1) is 0 Å². The summed E-state index contributed by atoms with van der Waals surface area (Å²) >= 11 is 0. The lowest BCUT2D eigenvalue weighted by Crippen LogP contribution is -2.51. The first-order valence-corrected chi connectivity index (χ1v) is 5.47. The van der Waals surface area contributed by atoms with E-state index in [1.807, 2.05) is 4.90 Å². The first-order valence-electron chi connectivity index (χ1n) is 5.47. The number of rotatable bonds is 3. The van der Waals surface area contributed by atoms with Gasteiger partial charge in [-0.2, -0.15) is 0 Å². The van der Waals surface area contributed by atoms with Gasteiger partial charge >= 0.3 is 6.03 Å². The van der Waals surface area contributed by atoms with Crippen molar-refractivity contribution < 1.29 is 4.79 Å². The molecule has 14 heavy (non-hydrogen) atoms. The molecule has 1 N–H and O–H groups in total. The number of amides is 2. The maximum atomic E-state index is 11.3. The standard InChI is InChI=1S/C10H21N3O/c1-3-4-5-12-6-8-13(9-7-12)10(14)11-2/h3-9H2,1-2H3,(H,11,14). The van der Waals surface area contributed by atoms with Crippen molar-refractivity contribution in [1.82, 2.24) is 15.1 Å². The van der Waals surface area contributed by atoms with Crippen LogP contribution >= 0.6 is 0 Å².